The number of aryl methyl sites for hydroxylation is 1. The second-order valence-electron chi connectivity index (χ2n) is 4.14. The van der Waals surface area contributed by atoms with Gasteiger partial charge in [0.15, 0.2) is 0 Å². The van der Waals surface area contributed by atoms with Crippen molar-refractivity contribution in [1.82, 2.24) is 19.1 Å². The van der Waals surface area contributed by atoms with Crippen LogP contribution >= 0.6 is 0 Å². The summed E-state index contributed by atoms with van der Waals surface area (Å²) in [5, 5.41) is 0. The van der Waals surface area contributed by atoms with Crippen molar-refractivity contribution in [2.24, 2.45) is 0 Å². The quantitative estimate of drug-likeness (QED) is 0.680. The number of rotatable bonds is 2. The second kappa shape index (κ2) is 4.10. The Hall–Kier alpha value is -2.43. The molecule has 0 spiro atoms. The molecule has 18 heavy (non-hydrogen) atoms. The number of aromatic nitrogens is 4. The van der Waals surface area contributed by atoms with Crippen LogP contribution in [0.1, 0.15) is 5.69 Å². The normalized spacial score (nSPS) is 10.9. The molecule has 0 amide bonds. The summed E-state index contributed by atoms with van der Waals surface area (Å²) in [4.78, 5) is 20.5. The minimum Gasteiger partial charge on any atom is -0.319 e. The molecule has 0 unspecified atom stereocenters. The second-order valence-corrected chi connectivity index (χ2v) is 4.14. The van der Waals surface area contributed by atoms with Crippen molar-refractivity contribution in [2.75, 3.05) is 0 Å². The molecule has 0 bridgehead atoms. The van der Waals surface area contributed by atoms with Crippen molar-refractivity contribution in [3.63, 3.8) is 0 Å². The fraction of sp³-hybridized carbons (Fsp3) is 0.154. The van der Waals surface area contributed by atoms with E-state index < -0.39 is 0 Å². The predicted molar refractivity (Wildman–Crippen MR) is 68.4 cm³/mol. The molecule has 2 heterocycles. The van der Waals surface area contributed by atoms with Gasteiger partial charge in [-0.3, -0.25) is 9.36 Å². The largest absolute Gasteiger partial charge is 0.319 e. The van der Waals surface area contributed by atoms with Crippen molar-refractivity contribution in [2.45, 2.75) is 13.6 Å². The number of nitrogens with zero attached hydrogens (tertiary/aromatic N) is 4. The van der Waals surface area contributed by atoms with Crippen LogP contribution in [0.15, 0.2) is 47.8 Å². The highest BCUT2D eigenvalue weighted by Crippen LogP contribution is 2.09. The van der Waals surface area contributed by atoms with Gasteiger partial charge in [-0.1, -0.05) is 12.1 Å². The van der Waals surface area contributed by atoms with Gasteiger partial charge in [-0.25, -0.2) is 9.97 Å². The van der Waals surface area contributed by atoms with Crippen molar-refractivity contribution in [3.8, 4) is 0 Å². The van der Waals surface area contributed by atoms with Crippen LogP contribution in [0.3, 0.4) is 0 Å². The van der Waals surface area contributed by atoms with Crippen LogP contribution in [0.2, 0.25) is 0 Å². The van der Waals surface area contributed by atoms with Crippen molar-refractivity contribution >= 4 is 11.0 Å². The Morgan fingerprint density at radius 1 is 1.28 bits per heavy atom. The number of imidazole rings is 1. The van der Waals surface area contributed by atoms with Gasteiger partial charge in [-0.2, -0.15) is 0 Å². The number of hydrogen-bond acceptors (Lipinski definition) is 3. The summed E-state index contributed by atoms with van der Waals surface area (Å²) >= 11 is 0. The average Bonchev–Trinajstić information content (AvgIpc) is 2.88. The summed E-state index contributed by atoms with van der Waals surface area (Å²) in [7, 11) is 0. The van der Waals surface area contributed by atoms with Gasteiger partial charge in [0.05, 0.1) is 17.4 Å². The summed E-state index contributed by atoms with van der Waals surface area (Å²) in [6.45, 7) is 2.18. The topological polar surface area (TPSA) is 52.7 Å². The van der Waals surface area contributed by atoms with Crippen LogP contribution < -0.4 is 5.56 Å². The molecule has 0 N–H and O–H groups in total. The van der Waals surface area contributed by atoms with Crippen LogP contribution in [0.5, 0.6) is 0 Å². The minimum atomic E-state index is -0.0672. The van der Waals surface area contributed by atoms with E-state index in [0.29, 0.717) is 12.4 Å². The highest BCUT2D eigenvalue weighted by molar-refractivity contribution is 5.74. The van der Waals surface area contributed by atoms with Gasteiger partial charge in [0.2, 0.25) is 0 Å². The third-order valence-electron chi connectivity index (χ3n) is 2.88. The maximum Gasteiger partial charge on any atom is 0.273 e. The molecule has 5 nitrogen and oxygen atoms in total. The third-order valence-corrected chi connectivity index (χ3v) is 2.88. The third kappa shape index (κ3) is 1.69. The Balaban J connectivity index is 2.26. The first-order chi connectivity index (χ1) is 8.75. The SMILES string of the molecule is Cc1nc2ccccc2n(Cn2ccnc2)c1=O. The Morgan fingerprint density at radius 2 is 2.11 bits per heavy atom. The maximum absolute atomic E-state index is 12.2. The molecule has 0 saturated carbocycles. The molecule has 0 aliphatic rings. The summed E-state index contributed by atoms with van der Waals surface area (Å²) in [5.74, 6) is 0. The molecule has 0 radical (unpaired) electrons. The average molecular weight is 240 g/mol. The molecular weight excluding hydrogens is 228 g/mol. The van der Waals surface area contributed by atoms with Crippen molar-refractivity contribution < 1.29 is 0 Å². The van der Waals surface area contributed by atoms with Crippen LogP contribution in [-0.4, -0.2) is 19.1 Å². The Morgan fingerprint density at radius 3 is 2.89 bits per heavy atom. The number of fused-ring (bicyclic) bond motifs is 1. The van der Waals surface area contributed by atoms with E-state index in [9.17, 15) is 4.79 Å². The molecule has 0 atom stereocenters. The molecule has 90 valence electrons. The van der Waals surface area contributed by atoms with Gasteiger partial charge in [-0.05, 0) is 19.1 Å². The van der Waals surface area contributed by atoms with E-state index in [4.69, 9.17) is 0 Å². The van der Waals surface area contributed by atoms with E-state index in [2.05, 4.69) is 9.97 Å². The molecule has 0 fully saturated rings. The lowest BCUT2D eigenvalue weighted by molar-refractivity contribution is 0.601. The lowest BCUT2D eigenvalue weighted by Gasteiger charge is -2.11. The summed E-state index contributed by atoms with van der Waals surface area (Å²) < 4.78 is 3.56. The number of benzene rings is 1. The van der Waals surface area contributed by atoms with E-state index in [1.165, 1.54) is 0 Å². The van der Waals surface area contributed by atoms with Gasteiger partial charge in [0.1, 0.15) is 12.4 Å². The zero-order valence-corrected chi connectivity index (χ0v) is 9.95. The molecule has 0 aliphatic carbocycles. The molecule has 1 aromatic carbocycles. The summed E-state index contributed by atoms with van der Waals surface area (Å²) in [6, 6.07) is 7.64. The van der Waals surface area contributed by atoms with Gasteiger partial charge >= 0.3 is 0 Å². The van der Waals surface area contributed by atoms with Crippen molar-refractivity contribution in [1.29, 1.82) is 0 Å². The van der Waals surface area contributed by atoms with Gasteiger partial charge in [0, 0.05) is 12.4 Å². The molecular formula is C13H12N4O. The van der Waals surface area contributed by atoms with E-state index in [1.807, 2.05) is 35.0 Å². The van der Waals surface area contributed by atoms with E-state index in [-0.39, 0.29) is 5.56 Å². The number of para-hydroxylation sites is 2. The zero-order valence-electron chi connectivity index (χ0n) is 9.95. The zero-order chi connectivity index (χ0) is 12.5. The molecule has 5 heteroatoms. The Labute approximate surface area is 103 Å². The van der Waals surface area contributed by atoms with Crippen LogP contribution in [-0.2, 0) is 6.67 Å². The first-order valence-electron chi connectivity index (χ1n) is 5.67. The monoisotopic (exact) mass is 240 g/mol. The fourth-order valence-corrected chi connectivity index (χ4v) is 1.99. The molecule has 0 saturated heterocycles. The first-order valence-corrected chi connectivity index (χ1v) is 5.67. The van der Waals surface area contributed by atoms with Crippen LogP contribution in [0.4, 0.5) is 0 Å². The lowest BCUT2D eigenvalue weighted by atomic mass is 10.3. The minimum absolute atomic E-state index is 0.0672. The molecule has 3 aromatic rings. The molecule has 3 rings (SSSR count). The smallest absolute Gasteiger partial charge is 0.273 e. The fourth-order valence-electron chi connectivity index (χ4n) is 1.99. The first kappa shape index (κ1) is 10.7. The lowest BCUT2D eigenvalue weighted by Crippen LogP contribution is -2.26. The van der Waals surface area contributed by atoms with E-state index in [0.717, 1.165) is 11.0 Å². The Kier molecular flexibility index (Phi) is 2.44. The Bertz CT molecular complexity index is 743. The highest BCUT2D eigenvalue weighted by Gasteiger charge is 2.07. The van der Waals surface area contributed by atoms with Gasteiger partial charge in [0.25, 0.3) is 5.56 Å². The van der Waals surface area contributed by atoms with E-state index >= 15 is 0 Å². The van der Waals surface area contributed by atoms with Gasteiger partial charge < -0.3 is 4.57 Å². The van der Waals surface area contributed by atoms with E-state index in [1.54, 1.807) is 24.0 Å². The van der Waals surface area contributed by atoms with Crippen molar-refractivity contribution in [3.05, 3.63) is 59.0 Å². The molecule has 0 aliphatic heterocycles. The van der Waals surface area contributed by atoms with Crippen LogP contribution in [0, 0.1) is 6.92 Å². The maximum atomic E-state index is 12.2. The molecule has 2 aromatic heterocycles. The standard InChI is InChI=1S/C13H12N4O/c1-10-13(18)17(9-16-7-6-14-8-16)12-5-3-2-4-11(12)15-10/h2-8H,9H2,1H3. The van der Waals surface area contributed by atoms with Crippen LogP contribution in [0.25, 0.3) is 11.0 Å². The number of hydrogen-bond donors (Lipinski definition) is 0. The predicted octanol–water partition coefficient (Wildman–Crippen LogP) is 1.41. The highest BCUT2D eigenvalue weighted by atomic mass is 16.1. The van der Waals surface area contributed by atoms with Gasteiger partial charge in [-0.15, -0.1) is 0 Å². The summed E-state index contributed by atoms with van der Waals surface area (Å²) in [5.41, 5.74) is 2.10. The summed E-state index contributed by atoms with van der Waals surface area (Å²) in [6.07, 6.45) is 5.22.